The molecule has 1 amide bonds. The first-order valence-electron chi connectivity index (χ1n) is 9.22. The number of pyridine rings is 1. The summed E-state index contributed by atoms with van der Waals surface area (Å²) in [6.45, 7) is 0.732. The molecule has 0 fully saturated rings. The van der Waals surface area contributed by atoms with Crippen molar-refractivity contribution in [3.63, 3.8) is 0 Å². The first-order chi connectivity index (χ1) is 13.6. The largest absolute Gasteiger partial charge is 0.360 e. The Labute approximate surface area is 173 Å². The van der Waals surface area contributed by atoms with Gasteiger partial charge in [0.1, 0.15) is 5.76 Å². The Kier molecular flexibility index (Phi) is 5.64. The Morgan fingerprint density at radius 3 is 2.71 bits per heavy atom. The van der Waals surface area contributed by atoms with Crippen molar-refractivity contribution >= 4 is 29.1 Å². The van der Waals surface area contributed by atoms with Gasteiger partial charge < -0.3 is 9.42 Å². The molecule has 1 aliphatic rings. The Bertz CT molecular complexity index is 989. The van der Waals surface area contributed by atoms with E-state index >= 15 is 0 Å². The van der Waals surface area contributed by atoms with E-state index in [1.54, 1.807) is 23.2 Å². The van der Waals surface area contributed by atoms with Crippen LogP contribution in [0.15, 0.2) is 47.1 Å². The number of hydrogen-bond acceptors (Lipinski definition) is 4. The van der Waals surface area contributed by atoms with E-state index in [-0.39, 0.29) is 5.91 Å². The van der Waals surface area contributed by atoms with Crippen LogP contribution >= 0.6 is 23.2 Å². The monoisotopic (exact) mass is 415 g/mol. The van der Waals surface area contributed by atoms with Gasteiger partial charge in [-0.1, -0.05) is 40.5 Å². The minimum atomic E-state index is -0.163. The third-order valence-electron chi connectivity index (χ3n) is 4.88. The summed E-state index contributed by atoms with van der Waals surface area (Å²) in [7, 11) is 0. The van der Waals surface area contributed by atoms with Crippen LogP contribution in [-0.2, 0) is 25.9 Å². The number of benzene rings is 1. The standard InChI is InChI=1S/C21H19Cl2N3O2/c22-17-9-8-14(11-18(17)23)12-26(13-15-5-3-4-10-24-15)21(27)20-16-6-1-2-7-19(16)28-25-20/h3-5,8-11H,1-2,6-7,12-13H2. The minimum absolute atomic E-state index is 0.163. The van der Waals surface area contributed by atoms with Crippen molar-refractivity contribution < 1.29 is 9.32 Å². The van der Waals surface area contributed by atoms with Crippen molar-refractivity contribution in [2.45, 2.75) is 38.8 Å². The fourth-order valence-corrected chi connectivity index (χ4v) is 3.77. The lowest BCUT2D eigenvalue weighted by Crippen LogP contribution is -2.31. The molecule has 28 heavy (non-hydrogen) atoms. The summed E-state index contributed by atoms with van der Waals surface area (Å²) in [5.41, 5.74) is 3.03. The fraction of sp³-hybridized carbons (Fsp3) is 0.286. The van der Waals surface area contributed by atoms with E-state index in [2.05, 4.69) is 10.1 Å². The number of aryl methyl sites for hydroxylation is 1. The zero-order valence-corrected chi connectivity index (χ0v) is 16.7. The molecule has 2 aromatic heterocycles. The molecule has 3 aromatic rings. The summed E-state index contributed by atoms with van der Waals surface area (Å²) in [5.74, 6) is 0.672. The van der Waals surface area contributed by atoms with Crippen LogP contribution in [0.2, 0.25) is 10.0 Å². The molecule has 0 bridgehead atoms. The molecule has 0 aliphatic heterocycles. The number of nitrogens with zero attached hydrogens (tertiary/aromatic N) is 3. The molecule has 0 radical (unpaired) electrons. The Balaban J connectivity index is 1.64. The zero-order valence-electron chi connectivity index (χ0n) is 15.2. The van der Waals surface area contributed by atoms with Gasteiger partial charge >= 0.3 is 0 Å². The van der Waals surface area contributed by atoms with Gasteiger partial charge in [0.05, 0.1) is 22.3 Å². The summed E-state index contributed by atoms with van der Waals surface area (Å²) in [4.78, 5) is 19.4. The van der Waals surface area contributed by atoms with Crippen LogP contribution < -0.4 is 0 Å². The van der Waals surface area contributed by atoms with Gasteiger partial charge in [-0.05, 0) is 49.1 Å². The van der Waals surface area contributed by atoms with E-state index in [1.165, 1.54) is 0 Å². The summed E-state index contributed by atoms with van der Waals surface area (Å²) < 4.78 is 5.44. The van der Waals surface area contributed by atoms with Gasteiger partial charge in [-0.25, -0.2) is 0 Å². The third kappa shape index (κ3) is 4.05. The van der Waals surface area contributed by atoms with Crippen LogP contribution in [0.4, 0.5) is 0 Å². The second kappa shape index (κ2) is 8.33. The molecule has 0 unspecified atom stereocenters. The van der Waals surface area contributed by atoms with Crippen molar-refractivity contribution in [3.8, 4) is 0 Å². The molecule has 0 saturated carbocycles. The summed E-state index contributed by atoms with van der Waals surface area (Å²) in [5, 5.41) is 5.05. The lowest BCUT2D eigenvalue weighted by molar-refractivity contribution is 0.0716. The molecule has 1 aromatic carbocycles. The molecule has 4 rings (SSSR count). The van der Waals surface area contributed by atoms with Crippen LogP contribution in [0.3, 0.4) is 0 Å². The van der Waals surface area contributed by atoms with Crippen molar-refractivity contribution in [2.75, 3.05) is 0 Å². The maximum Gasteiger partial charge on any atom is 0.276 e. The highest BCUT2D eigenvalue weighted by atomic mass is 35.5. The second-order valence-electron chi connectivity index (χ2n) is 6.87. The molecular weight excluding hydrogens is 397 g/mol. The van der Waals surface area contributed by atoms with Gasteiger partial charge in [0, 0.05) is 24.7 Å². The summed E-state index contributed by atoms with van der Waals surface area (Å²) >= 11 is 12.2. The lowest BCUT2D eigenvalue weighted by Gasteiger charge is -2.22. The number of carbonyl (C=O) groups excluding carboxylic acids is 1. The van der Waals surface area contributed by atoms with Gasteiger partial charge in [-0.15, -0.1) is 0 Å². The smallest absolute Gasteiger partial charge is 0.276 e. The van der Waals surface area contributed by atoms with Gasteiger partial charge in [0.2, 0.25) is 0 Å². The maximum absolute atomic E-state index is 13.4. The van der Waals surface area contributed by atoms with Crippen LogP contribution in [0.25, 0.3) is 0 Å². The van der Waals surface area contributed by atoms with Gasteiger partial charge in [0.15, 0.2) is 5.69 Å². The van der Waals surface area contributed by atoms with Crippen molar-refractivity contribution in [1.29, 1.82) is 0 Å². The highest BCUT2D eigenvalue weighted by molar-refractivity contribution is 6.42. The highest BCUT2D eigenvalue weighted by Gasteiger charge is 2.28. The predicted molar refractivity (Wildman–Crippen MR) is 107 cm³/mol. The van der Waals surface area contributed by atoms with Crippen LogP contribution in [0, 0.1) is 0 Å². The third-order valence-corrected chi connectivity index (χ3v) is 5.62. The normalized spacial score (nSPS) is 13.2. The number of rotatable bonds is 5. The van der Waals surface area contributed by atoms with E-state index in [4.69, 9.17) is 27.7 Å². The topological polar surface area (TPSA) is 59.2 Å². The lowest BCUT2D eigenvalue weighted by atomic mass is 9.96. The maximum atomic E-state index is 13.4. The number of halogens is 2. The number of amides is 1. The van der Waals surface area contributed by atoms with Crippen molar-refractivity contribution in [3.05, 3.63) is 80.9 Å². The van der Waals surface area contributed by atoms with Gasteiger partial charge in [-0.2, -0.15) is 0 Å². The Morgan fingerprint density at radius 2 is 1.93 bits per heavy atom. The molecule has 0 spiro atoms. The minimum Gasteiger partial charge on any atom is -0.360 e. The molecule has 7 heteroatoms. The molecule has 2 heterocycles. The van der Waals surface area contributed by atoms with Crippen molar-refractivity contribution in [1.82, 2.24) is 15.0 Å². The molecule has 5 nitrogen and oxygen atoms in total. The Hall–Kier alpha value is -2.37. The summed E-state index contributed by atoms with van der Waals surface area (Å²) in [6.07, 6.45) is 5.49. The molecular formula is C21H19Cl2N3O2. The van der Waals surface area contributed by atoms with E-state index in [1.807, 2.05) is 24.3 Å². The van der Waals surface area contributed by atoms with Crippen LogP contribution in [0.5, 0.6) is 0 Å². The average Bonchev–Trinajstić information content (AvgIpc) is 3.15. The quantitative estimate of drug-likeness (QED) is 0.581. The Morgan fingerprint density at radius 1 is 1.07 bits per heavy atom. The molecule has 0 atom stereocenters. The van der Waals surface area contributed by atoms with E-state index in [0.717, 1.165) is 48.3 Å². The molecule has 0 saturated heterocycles. The first kappa shape index (κ1) is 19.0. The highest BCUT2D eigenvalue weighted by Crippen LogP contribution is 2.27. The number of aromatic nitrogens is 2. The van der Waals surface area contributed by atoms with E-state index < -0.39 is 0 Å². The average molecular weight is 416 g/mol. The predicted octanol–water partition coefficient (Wildman–Crippen LogP) is 5.10. The summed E-state index contributed by atoms with van der Waals surface area (Å²) in [6, 6.07) is 11.0. The number of fused-ring (bicyclic) bond motifs is 1. The zero-order chi connectivity index (χ0) is 19.5. The second-order valence-corrected chi connectivity index (χ2v) is 7.69. The SMILES string of the molecule is O=C(c1noc2c1CCCC2)N(Cc1ccc(Cl)c(Cl)c1)Cc1ccccn1. The van der Waals surface area contributed by atoms with Gasteiger partial charge in [-0.3, -0.25) is 9.78 Å². The number of carbonyl (C=O) groups is 1. The van der Waals surface area contributed by atoms with Gasteiger partial charge in [0.25, 0.3) is 5.91 Å². The number of hydrogen-bond donors (Lipinski definition) is 0. The fourth-order valence-electron chi connectivity index (χ4n) is 3.45. The molecule has 1 aliphatic carbocycles. The first-order valence-corrected chi connectivity index (χ1v) is 9.98. The van der Waals surface area contributed by atoms with E-state index in [0.29, 0.717) is 28.8 Å². The molecule has 0 N–H and O–H groups in total. The van der Waals surface area contributed by atoms with Crippen LogP contribution in [0.1, 0.15) is 45.9 Å². The molecule has 144 valence electrons. The van der Waals surface area contributed by atoms with Crippen molar-refractivity contribution in [2.24, 2.45) is 0 Å². The van der Waals surface area contributed by atoms with E-state index in [9.17, 15) is 4.79 Å². The van der Waals surface area contributed by atoms with Crippen LogP contribution in [-0.4, -0.2) is 20.9 Å².